The zero-order valence-electron chi connectivity index (χ0n) is 15.1. The number of carboxylic acids is 1. The first kappa shape index (κ1) is 17.5. The lowest BCUT2D eigenvalue weighted by molar-refractivity contribution is -0.144. The minimum Gasteiger partial charge on any atom is -0.481 e. The third-order valence-corrected chi connectivity index (χ3v) is 6.53. The number of aliphatic carboxylic acids is 1. The Kier molecular flexibility index (Phi) is 4.69. The molecule has 3 heterocycles. The zero-order chi connectivity index (χ0) is 18.1. The van der Waals surface area contributed by atoms with Gasteiger partial charge in [0.05, 0.1) is 5.92 Å². The lowest BCUT2D eigenvalue weighted by atomic mass is 9.92. The average molecular weight is 357 g/mol. The van der Waals surface area contributed by atoms with Gasteiger partial charge in [0.25, 0.3) is 0 Å². The molecule has 26 heavy (non-hydrogen) atoms. The molecule has 2 aliphatic heterocycles. The molecule has 4 rings (SSSR count). The van der Waals surface area contributed by atoms with Gasteiger partial charge in [0.15, 0.2) is 0 Å². The van der Waals surface area contributed by atoms with Gasteiger partial charge in [0, 0.05) is 30.9 Å². The van der Waals surface area contributed by atoms with Crippen LogP contribution in [-0.2, 0) is 9.59 Å². The molecule has 0 radical (unpaired) electrons. The molecule has 6 heteroatoms. The first-order valence-corrected chi connectivity index (χ1v) is 9.80. The Morgan fingerprint density at radius 1 is 1.08 bits per heavy atom. The first-order valence-electron chi connectivity index (χ1n) is 9.80. The molecular weight excluding hydrogens is 330 g/mol. The molecule has 1 aromatic heterocycles. The molecule has 1 aliphatic carbocycles. The molecule has 1 N–H and O–H groups in total. The number of nitrogens with zero attached hydrogens (tertiary/aromatic N) is 3. The van der Waals surface area contributed by atoms with Gasteiger partial charge < -0.3 is 10.0 Å². The minimum atomic E-state index is -0.836. The summed E-state index contributed by atoms with van der Waals surface area (Å²) in [6.07, 6.45) is 8.00. The lowest BCUT2D eigenvalue weighted by Crippen LogP contribution is -2.57. The highest BCUT2D eigenvalue weighted by Crippen LogP contribution is 2.41. The van der Waals surface area contributed by atoms with Crippen molar-refractivity contribution in [3.8, 4) is 0 Å². The fraction of sp³-hybridized carbons (Fsp3) is 0.650. The van der Waals surface area contributed by atoms with E-state index in [9.17, 15) is 14.7 Å². The summed E-state index contributed by atoms with van der Waals surface area (Å²) in [7, 11) is 0. The second-order valence-electron chi connectivity index (χ2n) is 7.95. The van der Waals surface area contributed by atoms with E-state index in [0.29, 0.717) is 13.1 Å². The molecule has 0 aromatic carbocycles. The Balaban J connectivity index is 1.59. The summed E-state index contributed by atoms with van der Waals surface area (Å²) in [4.78, 5) is 34.0. The fourth-order valence-corrected chi connectivity index (χ4v) is 5.18. The van der Waals surface area contributed by atoms with Crippen LogP contribution in [-0.4, -0.2) is 63.5 Å². The number of hydrogen-bond acceptors (Lipinski definition) is 4. The number of carboxylic acid groups (broad SMARTS) is 1. The molecule has 140 valence electrons. The minimum absolute atomic E-state index is 0.154. The molecule has 2 unspecified atom stereocenters. The number of carbonyl (C=O) groups excluding carboxylic acids is 1. The van der Waals surface area contributed by atoms with Crippen LogP contribution in [0.2, 0.25) is 0 Å². The molecule has 1 aromatic rings. The molecule has 6 nitrogen and oxygen atoms in total. The number of pyridine rings is 1. The largest absolute Gasteiger partial charge is 0.481 e. The van der Waals surface area contributed by atoms with Crippen molar-refractivity contribution < 1.29 is 14.7 Å². The smallest absolute Gasteiger partial charge is 0.309 e. The summed E-state index contributed by atoms with van der Waals surface area (Å²) < 4.78 is 0. The molecule has 0 bridgehead atoms. The number of amides is 1. The third kappa shape index (κ3) is 2.90. The van der Waals surface area contributed by atoms with Gasteiger partial charge in [-0.25, -0.2) is 0 Å². The van der Waals surface area contributed by atoms with E-state index in [1.807, 2.05) is 23.1 Å². The summed E-state index contributed by atoms with van der Waals surface area (Å²) in [5, 5.41) is 9.71. The van der Waals surface area contributed by atoms with E-state index >= 15 is 0 Å². The Morgan fingerprint density at radius 2 is 1.81 bits per heavy atom. The van der Waals surface area contributed by atoms with Crippen molar-refractivity contribution in [2.45, 2.75) is 50.0 Å². The lowest BCUT2D eigenvalue weighted by Gasteiger charge is -2.40. The highest BCUT2D eigenvalue weighted by molar-refractivity contribution is 5.88. The Bertz CT molecular complexity index is 666. The third-order valence-electron chi connectivity index (χ3n) is 6.53. The monoisotopic (exact) mass is 357 g/mol. The van der Waals surface area contributed by atoms with E-state index < -0.39 is 17.4 Å². The number of likely N-dealkylation sites (tertiary alicyclic amines) is 2. The Morgan fingerprint density at radius 3 is 2.42 bits per heavy atom. The summed E-state index contributed by atoms with van der Waals surface area (Å²) in [5.41, 5.74) is 0.385. The molecule has 1 saturated carbocycles. The highest BCUT2D eigenvalue weighted by Gasteiger charge is 2.51. The molecule has 3 fully saturated rings. The van der Waals surface area contributed by atoms with E-state index in [2.05, 4.69) is 9.88 Å². The maximum absolute atomic E-state index is 13.6. The van der Waals surface area contributed by atoms with Gasteiger partial charge in [-0.1, -0.05) is 18.9 Å². The van der Waals surface area contributed by atoms with Gasteiger partial charge in [-0.2, -0.15) is 0 Å². The number of hydrogen-bond donors (Lipinski definition) is 1. The van der Waals surface area contributed by atoms with Gasteiger partial charge in [-0.3, -0.25) is 19.5 Å². The van der Waals surface area contributed by atoms with Gasteiger partial charge in [-0.15, -0.1) is 0 Å². The number of aromatic nitrogens is 1. The Labute approximate surface area is 154 Å². The summed E-state index contributed by atoms with van der Waals surface area (Å²) >= 11 is 0. The summed E-state index contributed by atoms with van der Waals surface area (Å²) in [5.74, 6) is -1.49. The number of carbonyl (C=O) groups is 2. The maximum Gasteiger partial charge on any atom is 0.309 e. The standard InChI is InChI=1S/C20H27N3O3/c24-18(25)16-14-22(13-15(16)17-7-1-4-10-21-17)19(26)20(8-2-3-9-20)23-11-5-6-12-23/h1,4,7,10,15-16H,2-3,5-6,8-9,11-14H2,(H,24,25). The van der Waals surface area contributed by atoms with Crippen LogP contribution in [0, 0.1) is 5.92 Å². The maximum atomic E-state index is 13.6. The second kappa shape index (κ2) is 6.99. The van der Waals surface area contributed by atoms with Crippen LogP contribution in [0.4, 0.5) is 0 Å². The van der Waals surface area contributed by atoms with Gasteiger partial charge in [0.2, 0.25) is 5.91 Å². The van der Waals surface area contributed by atoms with E-state index in [0.717, 1.165) is 57.3 Å². The van der Waals surface area contributed by atoms with Crippen LogP contribution in [0.5, 0.6) is 0 Å². The van der Waals surface area contributed by atoms with Crippen molar-refractivity contribution in [1.82, 2.24) is 14.8 Å². The topological polar surface area (TPSA) is 73.7 Å². The molecule has 1 amide bonds. The van der Waals surface area contributed by atoms with Crippen molar-refractivity contribution in [2.24, 2.45) is 5.92 Å². The van der Waals surface area contributed by atoms with Crippen molar-refractivity contribution >= 4 is 11.9 Å². The first-order chi connectivity index (χ1) is 12.6. The van der Waals surface area contributed by atoms with E-state index in [1.54, 1.807) is 6.20 Å². The quantitative estimate of drug-likeness (QED) is 0.893. The van der Waals surface area contributed by atoms with Crippen molar-refractivity contribution in [3.05, 3.63) is 30.1 Å². The molecular formula is C20H27N3O3. The van der Waals surface area contributed by atoms with E-state index in [4.69, 9.17) is 0 Å². The SMILES string of the molecule is O=C(O)C1CN(C(=O)C2(N3CCCC3)CCCC2)CC1c1ccccn1. The number of rotatable bonds is 4. The van der Waals surface area contributed by atoms with Crippen molar-refractivity contribution in [1.29, 1.82) is 0 Å². The van der Waals surface area contributed by atoms with Crippen LogP contribution >= 0.6 is 0 Å². The zero-order valence-corrected chi connectivity index (χ0v) is 15.1. The van der Waals surface area contributed by atoms with Crippen LogP contribution < -0.4 is 0 Å². The molecule has 0 spiro atoms. The second-order valence-corrected chi connectivity index (χ2v) is 7.95. The predicted molar refractivity (Wildman–Crippen MR) is 96.7 cm³/mol. The molecule has 3 aliphatic rings. The summed E-state index contributed by atoms with van der Waals surface area (Å²) in [6, 6.07) is 5.59. The van der Waals surface area contributed by atoms with E-state index in [-0.39, 0.29) is 11.8 Å². The molecule has 2 atom stereocenters. The Hall–Kier alpha value is -1.95. The van der Waals surface area contributed by atoms with Crippen molar-refractivity contribution in [2.75, 3.05) is 26.2 Å². The van der Waals surface area contributed by atoms with Crippen LogP contribution in [0.25, 0.3) is 0 Å². The highest BCUT2D eigenvalue weighted by atomic mass is 16.4. The normalized spacial score (nSPS) is 28.5. The average Bonchev–Trinajstić information content (AvgIpc) is 3.42. The molecule has 2 saturated heterocycles. The predicted octanol–water partition coefficient (Wildman–Crippen LogP) is 2.12. The van der Waals surface area contributed by atoms with Crippen LogP contribution in [0.15, 0.2) is 24.4 Å². The van der Waals surface area contributed by atoms with Gasteiger partial charge in [-0.05, 0) is 50.9 Å². The van der Waals surface area contributed by atoms with Crippen LogP contribution in [0.3, 0.4) is 0 Å². The van der Waals surface area contributed by atoms with Crippen molar-refractivity contribution in [3.63, 3.8) is 0 Å². The van der Waals surface area contributed by atoms with E-state index in [1.165, 1.54) is 0 Å². The fourth-order valence-electron chi connectivity index (χ4n) is 5.18. The van der Waals surface area contributed by atoms with Crippen LogP contribution in [0.1, 0.15) is 50.1 Å². The summed E-state index contributed by atoms with van der Waals surface area (Å²) in [6.45, 7) is 2.74. The van der Waals surface area contributed by atoms with Gasteiger partial charge >= 0.3 is 5.97 Å². The van der Waals surface area contributed by atoms with Gasteiger partial charge in [0.1, 0.15) is 5.54 Å².